The van der Waals surface area contributed by atoms with E-state index in [-0.39, 0.29) is 11.9 Å². The van der Waals surface area contributed by atoms with Gasteiger partial charge in [0, 0.05) is 12.1 Å². The molecule has 5 heteroatoms. The molecule has 0 saturated carbocycles. The molecule has 1 amide bonds. The predicted octanol–water partition coefficient (Wildman–Crippen LogP) is 3.32. The topological polar surface area (TPSA) is 55.6 Å². The number of benzene rings is 1. The molecular formula is C16H18N2O2S. The van der Waals surface area contributed by atoms with Crippen molar-refractivity contribution in [2.75, 3.05) is 19.4 Å². The lowest BCUT2D eigenvalue weighted by Gasteiger charge is -2.24. The van der Waals surface area contributed by atoms with E-state index in [0.29, 0.717) is 17.0 Å². The fourth-order valence-electron chi connectivity index (χ4n) is 2.83. The van der Waals surface area contributed by atoms with Crippen LogP contribution in [0.25, 0.3) is 0 Å². The average Bonchev–Trinajstić information content (AvgIpc) is 3.17. The average molecular weight is 302 g/mol. The highest BCUT2D eigenvalue weighted by Crippen LogP contribution is 2.34. The molecule has 1 fully saturated rings. The van der Waals surface area contributed by atoms with Crippen molar-refractivity contribution in [3.8, 4) is 5.75 Å². The Bertz CT molecular complexity index is 640. The number of rotatable bonds is 3. The maximum atomic E-state index is 12.8. The fourth-order valence-corrected chi connectivity index (χ4v) is 3.54. The standard InChI is InChI=1S/C16H18N2O2S/c1-20-15-9-11(4-5-13(15)17)16(19)18-7-2-3-14(18)12-6-8-21-10-12/h4-6,8-10,14H,2-3,7,17H2,1H3. The second-order valence-electron chi connectivity index (χ2n) is 5.17. The van der Waals surface area contributed by atoms with Gasteiger partial charge in [0.1, 0.15) is 5.75 Å². The minimum atomic E-state index is 0.0435. The molecule has 0 radical (unpaired) electrons. The predicted molar refractivity (Wildman–Crippen MR) is 84.7 cm³/mol. The van der Waals surface area contributed by atoms with Gasteiger partial charge in [0.15, 0.2) is 0 Å². The Labute approximate surface area is 128 Å². The van der Waals surface area contributed by atoms with Crippen LogP contribution < -0.4 is 10.5 Å². The molecule has 3 rings (SSSR count). The van der Waals surface area contributed by atoms with Crippen LogP contribution in [0.4, 0.5) is 5.69 Å². The number of carbonyl (C=O) groups excluding carboxylic acids is 1. The van der Waals surface area contributed by atoms with Crippen molar-refractivity contribution in [3.05, 3.63) is 46.2 Å². The molecule has 0 aliphatic carbocycles. The number of anilines is 1. The molecule has 0 spiro atoms. The Balaban J connectivity index is 1.87. The van der Waals surface area contributed by atoms with Crippen molar-refractivity contribution in [3.63, 3.8) is 0 Å². The Morgan fingerprint density at radius 3 is 3.00 bits per heavy atom. The summed E-state index contributed by atoms with van der Waals surface area (Å²) in [6, 6.07) is 7.50. The number of amides is 1. The van der Waals surface area contributed by atoms with Crippen LogP contribution in [0.2, 0.25) is 0 Å². The molecule has 2 aromatic rings. The first-order valence-electron chi connectivity index (χ1n) is 6.97. The highest BCUT2D eigenvalue weighted by atomic mass is 32.1. The summed E-state index contributed by atoms with van der Waals surface area (Å²) in [6.45, 7) is 0.798. The second-order valence-corrected chi connectivity index (χ2v) is 5.95. The van der Waals surface area contributed by atoms with Crippen LogP contribution in [0, 0.1) is 0 Å². The van der Waals surface area contributed by atoms with Gasteiger partial charge in [0.05, 0.1) is 18.8 Å². The first-order valence-corrected chi connectivity index (χ1v) is 7.91. The summed E-state index contributed by atoms with van der Waals surface area (Å²) >= 11 is 1.67. The minimum Gasteiger partial charge on any atom is -0.495 e. The molecule has 2 heterocycles. The lowest BCUT2D eigenvalue weighted by molar-refractivity contribution is 0.0735. The number of hydrogen-bond donors (Lipinski definition) is 1. The van der Waals surface area contributed by atoms with Crippen molar-refractivity contribution >= 4 is 22.9 Å². The molecule has 1 aliphatic heterocycles. The van der Waals surface area contributed by atoms with Crippen molar-refractivity contribution < 1.29 is 9.53 Å². The number of nitrogens with two attached hydrogens (primary N) is 1. The van der Waals surface area contributed by atoms with Crippen LogP contribution in [0.15, 0.2) is 35.0 Å². The maximum Gasteiger partial charge on any atom is 0.254 e. The number of methoxy groups -OCH3 is 1. The van der Waals surface area contributed by atoms with Crippen LogP contribution in [0.3, 0.4) is 0 Å². The first kappa shape index (κ1) is 13.9. The molecule has 2 N–H and O–H groups in total. The smallest absolute Gasteiger partial charge is 0.254 e. The molecule has 1 aromatic carbocycles. The first-order chi connectivity index (χ1) is 10.2. The van der Waals surface area contributed by atoms with Crippen molar-refractivity contribution in [2.45, 2.75) is 18.9 Å². The molecule has 1 aliphatic rings. The van der Waals surface area contributed by atoms with E-state index in [9.17, 15) is 4.79 Å². The van der Waals surface area contributed by atoms with Gasteiger partial charge in [-0.05, 0) is 53.4 Å². The van der Waals surface area contributed by atoms with E-state index < -0.39 is 0 Å². The number of thiophene rings is 1. The molecular weight excluding hydrogens is 284 g/mol. The van der Waals surface area contributed by atoms with Gasteiger partial charge >= 0.3 is 0 Å². The van der Waals surface area contributed by atoms with E-state index in [1.54, 1.807) is 36.6 Å². The van der Waals surface area contributed by atoms with Crippen LogP contribution in [0.5, 0.6) is 5.75 Å². The number of carbonyl (C=O) groups is 1. The Kier molecular flexibility index (Phi) is 3.84. The van der Waals surface area contributed by atoms with Crippen LogP contribution in [-0.2, 0) is 0 Å². The monoisotopic (exact) mass is 302 g/mol. The van der Waals surface area contributed by atoms with Gasteiger partial charge in [-0.25, -0.2) is 0 Å². The van der Waals surface area contributed by atoms with Crippen LogP contribution in [-0.4, -0.2) is 24.5 Å². The normalized spacial score (nSPS) is 18.0. The second kappa shape index (κ2) is 5.77. The lowest BCUT2D eigenvalue weighted by Crippen LogP contribution is -2.30. The minimum absolute atomic E-state index is 0.0435. The number of likely N-dealkylation sites (tertiary alicyclic amines) is 1. The quantitative estimate of drug-likeness (QED) is 0.885. The summed E-state index contributed by atoms with van der Waals surface area (Å²) in [4.78, 5) is 14.7. The summed E-state index contributed by atoms with van der Waals surface area (Å²) in [5, 5.41) is 4.18. The summed E-state index contributed by atoms with van der Waals surface area (Å²) in [5.74, 6) is 0.592. The summed E-state index contributed by atoms with van der Waals surface area (Å²) in [6.07, 6.45) is 2.06. The van der Waals surface area contributed by atoms with E-state index in [0.717, 1.165) is 19.4 Å². The Hall–Kier alpha value is -2.01. The highest BCUT2D eigenvalue weighted by Gasteiger charge is 2.31. The third kappa shape index (κ3) is 2.61. The Morgan fingerprint density at radius 2 is 2.29 bits per heavy atom. The van der Waals surface area contributed by atoms with E-state index in [1.165, 1.54) is 5.56 Å². The fraction of sp³-hybridized carbons (Fsp3) is 0.312. The molecule has 1 atom stereocenters. The summed E-state index contributed by atoms with van der Waals surface area (Å²) < 4.78 is 5.20. The molecule has 1 aromatic heterocycles. The molecule has 0 bridgehead atoms. The van der Waals surface area contributed by atoms with E-state index in [2.05, 4.69) is 16.8 Å². The third-order valence-electron chi connectivity index (χ3n) is 3.92. The molecule has 1 saturated heterocycles. The summed E-state index contributed by atoms with van der Waals surface area (Å²) in [5.41, 5.74) is 8.21. The van der Waals surface area contributed by atoms with Crippen molar-refractivity contribution in [1.82, 2.24) is 4.90 Å². The van der Waals surface area contributed by atoms with Gasteiger partial charge in [-0.3, -0.25) is 4.79 Å². The number of ether oxygens (including phenoxy) is 1. The lowest BCUT2D eigenvalue weighted by atomic mass is 10.1. The third-order valence-corrected chi connectivity index (χ3v) is 4.62. The zero-order valence-electron chi connectivity index (χ0n) is 11.9. The van der Waals surface area contributed by atoms with Crippen molar-refractivity contribution in [2.24, 2.45) is 0 Å². The van der Waals surface area contributed by atoms with Gasteiger partial charge in [0.2, 0.25) is 0 Å². The highest BCUT2D eigenvalue weighted by molar-refractivity contribution is 7.07. The van der Waals surface area contributed by atoms with Crippen molar-refractivity contribution in [1.29, 1.82) is 0 Å². The number of nitrogens with zero attached hydrogens (tertiary/aromatic N) is 1. The van der Waals surface area contributed by atoms with Gasteiger partial charge in [-0.2, -0.15) is 11.3 Å². The Morgan fingerprint density at radius 1 is 1.43 bits per heavy atom. The molecule has 21 heavy (non-hydrogen) atoms. The van der Waals surface area contributed by atoms with E-state index in [4.69, 9.17) is 10.5 Å². The number of nitrogen functional groups attached to an aromatic ring is 1. The SMILES string of the molecule is COc1cc(C(=O)N2CCCC2c2ccsc2)ccc1N. The van der Waals surface area contributed by atoms with Gasteiger partial charge < -0.3 is 15.4 Å². The zero-order chi connectivity index (χ0) is 14.8. The maximum absolute atomic E-state index is 12.8. The van der Waals surface area contributed by atoms with Crippen LogP contribution in [0.1, 0.15) is 34.8 Å². The number of hydrogen-bond acceptors (Lipinski definition) is 4. The van der Waals surface area contributed by atoms with Gasteiger partial charge in [-0.15, -0.1) is 0 Å². The largest absolute Gasteiger partial charge is 0.495 e. The van der Waals surface area contributed by atoms with Gasteiger partial charge in [-0.1, -0.05) is 0 Å². The molecule has 1 unspecified atom stereocenters. The molecule has 110 valence electrons. The van der Waals surface area contributed by atoms with E-state index in [1.807, 2.05) is 4.90 Å². The van der Waals surface area contributed by atoms with Gasteiger partial charge in [0.25, 0.3) is 5.91 Å². The summed E-state index contributed by atoms with van der Waals surface area (Å²) in [7, 11) is 1.56. The zero-order valence-corrected chi connectivity index (χ0v) is 12.7. The molecule has 4 nitrogen and oxygen atoms in total. The van der Waals surface area contributed by atoms with Crippen LogP contribution >= 0.6 is 11.3 Å². The van der Waals surface area contributed by atoms with E-state index >= 15 is 0 Å².